The topological polar surface area (TPSA) is 88.9 Å². The number of carbonyl (C=O) groups excluding carboxylic acids is 2. The fraction of sp³-hybridized carbons (Fsp3) is 0.154. The molecule has 34 heavy (non-hydrogen) atoms. The molecule has 0 fully saturated rings. The van der Waals surface area contributed by atoms with Crippen LogP contribution >= 0.6 is 11.8 Å². The van der Waals surface area contributed by atoms with E-state index < -0.39 is 11.9 Å². The highest BCUT2D eigenvalue weighted by molar-refractivity contribution is 7.99. The van der Waals surface area contributed by atoms with Gasteiger partial charge in [0.2, 0.25) is 5.91 Å². The lowest BCUT2D eigenvalue weighted by molar-refractivity contribution is -0.117. The van der Waals surface area contributed by atoms with Crippen LogP contribution in [0.3, 0.4) is 0 Å². The Kier molecular flexibility index (Phi) is 7.39. The zero-order valence-electron chi connectivity index (χ0n) is 19.0. The van der Waals surface area contributed by atoms with Crippen LogP contribution in [0.2, 0.25) is 0 Å². The molecule has 8 heteroatoms. The molecule has 4 aromatic rings. The van der Waals surface area contributed by atoms with Crippen LogP contribution in [0.15, 0.2) is 84.0 Å². The SMILES string of the molecule is Cc1cccc(NC(=O)NC(=O)CSc2nnc(Cc3ccccc3)n2-c2ccccc2)c1C. The number of aromatic nitrogens is 3. The average molecular weight is 472 g/mol. The van der Waals surface area contributed by atoms with Crippen molar-refractivity contribution >= 4 is 29.4 Å². The first-order valence-electron chi connectivity index (χ1n) is 10.8. The van der Waals surface area contributed by atoms with E-state index in [9.17, 15) is 9.59 Å². The Morgan fingerprint density at radius 1 is 0.882 bits per heavy atom. The van der Waals surface area contributed by atoms with Gasteiger partial charge in [0.25, 0.3) is 0 Å². The average Bonchev–Trinajstić information content (AvgIpc) is 3.24. The van der Waals surface area contributed by atoms with Crippen molar-refractivity contribution in [2.45, 2.75) is 25.4 Å². The van der Waals surface area contributed by atoms with Crippen molar-refractivity contribution in [2.24, 2.45) is 0 Å². The number of imide groups is 1. The fourth-order valence-corrected chi connectivity index (χ4v) is 4.23. The summed E-state index contributed by atoms with van der Waals surface area (Å²) in [4.78, 5) is 24.8. The van der Waals surface area contributed by atoms with Crippen molar-refractivity contribution in [1.29, 1.82) is 0 Å². The van der Waals surface area contributed by atoms with Crippen LogP contribution in [0, 0.1) is 13.8 Å². The van der Waals surface area contributed by atoms with E-state index in [1.54, 1.807) is 6.07 Å². The number of hydrogen-bond acceptors (Lipinski definition) is 5. The van der Waals surface area contributed by atoms with E-state index in [0.717, 1.165) is 28.2 Å². The molecule has 0 saturated heterocycles. The van der Waals surface area contributed by atoms with E-state index in [0.29, 0.717) is 17.3 Å². The zero-order valence-corrected chi connectivity index (χ0v) is 19.8. The quantitative estimate of drug-likeness (QED) is 0.374. The molecule has 3 aromatic carbocycles. The van der Waals surface area contributed by atoms with Gasteiger partial charge in [-0.1, -0.05) is 72.4 Å². The molecular formula is C26H25N5O2S. The number of aryl methyl sites for hydroxylation is 1. The summed E-state index contributed by atoms with van der Waals surface area (Å²) >= 11 is 1.23. The van der Waals surface area contributed by atoms with E-state index >= 15 is 0 Å². The van der Waals surface area contributed by atoms with E-state index in [-0.39, 0.29) is 5.75 Å². The molecule has 2 N–H and O–H groups in total. The molecule has 0 saturated carbocycles. The normalized spacial score (nSPS) is 10.6. The van der Waals surface area contributed by atoms with Crippen molar-refractivity contribution in [1.82, 2.24) is 20.1 Å². The van der Waals surface area contributed by atoms with Crippen molar-refractivity contribution in [3.05, 3.63) is 101 Å². The molecule has 3 amide bonds. The monoisotopic (exact) mass is 471 g/mol. The van der Waals surface area contributed by atoms with Gasteiger partial charge >= 0.3 is 6.03 Å². The van der Waals surface area contributed by atoms with Crippen LogP contribution in [0.5, 0.6) is 0 Å². The van der Waals surface area contributed by atoms with Gasteiger partial charge < -0.3 is 5.32 Å². The number of carbonyl (C=O) groups is 2. The maximum Gasteiger partial charge on any atom is 0.325 e. The molecule has 0 bridgehead atoms. The van der Waals surface area contributed by atoms with Crippen molar-refractivity contribution < 1.29 is 9.59 Å². The third kappa shape index (κ3) is 5.71. The van der Waals surface area contributed by atoms with Crippen molar-refractivity contribution in [2.75, 3.05) is 11.1 Å². The second-order valence-corrected chi connectivity index (χ2v) is 8.71. The summed E-state index contributed by atoms with van der Waals surface area (Å²) < 4.78 is 1.95. The second-order valence-electron chi connectivity index (χ2n) is 7.77. The summed E-state index contributed by atoms with van der Waals surface area (Å²) in [5.41, 5.74) is 4.72. The molecule has 1 aromatic heterocycles. The summed E-state index contributed by atoms with van der Waals surface area (Å²) in [6.07, 6.45) is 0.605. The van der Waals surface area contributed by atoms with E-state index in [2.05, 4.69) is 20.8 Å². The largest absolute Gasteiger partial charge is 0.325 e. The number of benzene rings is 3. The van der Waals surface area contributed by atoms with Gasteiger partial charge in [0, 0.05) is 17.8 Å². The molecule has 7 nitrogen and oxygen atoms in total. The zero-order chi connectivity index (χ0) is 23.9. The summed E-state index contributed by atoms with van der Waals surface area (Å²) in [5, 5.41) is 14.4. The van der Waals surface area contributed by atoms with Gasteiger partial charge in [-0.05, 0) is 48.7 Å². The Bertz CT molecular complexity index is 1290. The van der Waals surface area contributed by atoms with Crippen LogP contribution in [-0.4, -0.2) is 32.5 Å². The first-order chi connectivity index (χ1) is 16.5. The molecule has 0 aliphatic carbocycles. The van der Waals surface area contributed by atoms with Gasteiger partial charge in [-0.2, -0.15) is 0 Å². The lowest BCUT2D eigenvalue weighted by Gasteiger charge is -2.11. The van der Waals surface area contributed by atoms with Crippen LogP contribution in [0.1, 0.15) is 22.5 Å². The number of para-hydroxylation sites is 1. The number of hydrogen-bond donors (Lipinski definition) is 2. The van der Waals surface area contributed by atoms with Gasteiger partial charge in [0.1, 0.15) is 5.82 Å². The van der Waals surface area contributed by atoms with Gasteiger partial charge in [-0.15, -0.1) is 10.2 Å². The summed E-state index contributed by atoms with van der Waals surface area (Å²) in [5.74, 6) is 0.379. The van der Waals surface area contributed by atoms with Crippen LogP contribution in [0.4, 0.5) is 10.5 Å². The van der Waals surface area contributed by atoms with E-state index in [4.69, 9.17) is 0 Å². The second kappa shape index (κ2) is 10.8. The van der Waals surface area contributed by atoms with Crippen LogP contribution in [-0.2, 0) is 11.2 Å². The number of nitrogens with zero attached hydrogens (tertiary/aromatic N) is 3. The Labute approximate surface area is 202 Å². The van der Waals surface area contributed by atoms with Crippen LogP contribution in [0.25, 0.3) is 5.69 Å². The molecular weight excluding hydrogens is 446 g/mol. The molecule has 172 valence electrons. The highest BCUT2D eigenvalue weighted by Gasteiger charge is 2.17. The fourth-order valence-electron chi connectivity index (χ4n) is 3.46. The first-order valence-corrected chi connectivity index (χ1v) is 11.8. The minimum Gasteiger partial charge on any atom is -0.307 e. The number of rotatable bonds is 7. The highest BCUT2D eigenvalue weighted by Crippen LogP contribution is 2.23. The Balaban J connectivity index is 1.44. The van der Waals surface area contributed by atoms with E-state index in [1.807, 2.05) is 91.2 Å². The minimum atomic E-state index is -0.561. The molecule has 1 heterocycles. The van der Waals surface area contributed by atoms with Gasteiger partial charge in [-0.25, -0.2) is 4.79 Å². The maximum absolute atomic E-state index is 12.5. The number of amides is 3. The Morgan fingerprint density at radius 2 is 1.59 bits per heavy atom. The Hall–Kier alpha value is -3.91. The highest BCUT2D eigenvalue weighted by atomic mass is 32.2. The van der Waals surface area contributed by atoms with E-state index in [1.165, 1.54) is 11.8 Å². The molecule has 0 aliphatic heterocycles. The lowest BCUT2D eigenvalue weighted by atomic mass is 10.1. The lowest BCUT2D eigenvalue weighted by Crippen LogP contribution is -2.35. The molecule has 4 rings (SSSR count). The minimum absolute atomic E-state index is 0.0243. The summed E-state index contributed by atoms with van der Waals surface area (Å²) in [7, 11) is 0. The van der Waals surface area contributed by atoms with Gasteiger partial charge in [-0.3, -0.25) is 14.7 Å². The van der Waals surface area contributed by atoms with Gasteiger partial charge in [0.05, 0.1) is 5.75 Å². The maximum atomic E-state index is 12.5. The van der Waals surface area contributed by atoms with Crippen LogP contribution < -0.4 is 10.6 Å². The molecule has 0 unspecified atom stereocenters. The number of nitrogens with one attached hydrogen (secondary N) is 2. The smallest absolute Gasteiger partial charge is 0.307 e. The predicted molar refractivity (Wildman–Crippen MR) is 134 cm³/mol. The Morgan fingerprint density at radius 3 is 2.32 bits per heavy atom. The van der Waals surface area contributed by atoms with Crippen molar-refractivity contribution in [3.63, 3.8) is 0 Å². The standard InChI is InChI=1S/C26H25N5O2S/c1-18-10-9-15-22(19(18)2)27-25(33)28-24(32)17-34-26-30-29-23(16-20-11-5-3-6-12-20)31(26)21-13-7-4-8-14-21/h3-15H,16-17H2,1-2H3,(H2,27,28,32,33). The summed E-state index contributed by atoms with van der Waals surface area (Å²) in [6, 6.07) is 24.9. The molecule has 0 atom stereocenters. The third-order valence-corrected chi connectivity index (χ3v) is 6.29. The number of anilines is 1. The van der Waals surface area contributed by atoms with Gasteiger partial charge in [0.15, 0.2) is 5.16 Å². The summed E-state index contributed by atoms with van der Waals surface area (Å²) in [6.45, 7) is 3.89. The first kappa shape index (κ1) is 23.3. The number of urea groups is 1. The molecule has 0 radical (unpaired) electrons. The third-order valence-electron chi connectivity index (χ3n) is 5.36. The molecule has 0 aliphatic rings. The number of thioether (sulfide) groups is 1. The molecule has 0 spiro atoms. The predicted octanol–water partition coefficient (Wildman–Crippen LogP) is 4.92. The van der Waals surface area contributed by atoms with Crippen molar-refractivity contribution in [3.8, 4) is 5.69 Å².